The monoisotopic (exact) mass is 368 g/mol. The van der Waals surface area contributed by atoms with Crippen LogP contribution in [0.5, 0.6) is 5.75 Å². The van der Waals surface area contributed by atoms with Crippen LogP contribution in [0.15, 0.2) is 42.5 Å². The third-order valence-corrected chi connectivity index (χ3v) is 3.98. The molecule has 2 aromatic rings. The van der Waals surface area contributed by atoms with E-state index in [0.717, 1.165) is 12.0 Å². The zero-order chi connectivity index (χ0) is 19.8. The zero-order valence-corrected chi connectivity index (χ0v) is 16.5. The average molecular weight is 368 g/mol. The van der Waals surface area contributed by atoms with Gasteiger partial charge in [0.15, 0.2) is 0 Å². The lowest BCUT2D eigenvalue weighted by atomic mass is 10.1. The van der Waals surface area contributed by atoms with Crippen LogP contribution in [0.1, 0.15) is 53.5 Å². The van der Waals surface area contributed by atoms with E-state index in [9.17, 15) is 9.59 Å². The largest absolute Gasteiger partial charge is 0.494 e. The van der Waals surface area contributed by atoms with Gasteiger partial charge in [-0.05, 0) is 61.2 Å². The second kappa shape index (κ2) is 9.76. The molecule has 0 fully saturated rings. The Bertz CT molecular complexity index is 800. The van der Waals surface area contributed by atoms with Gasteiger partial charge in [0.1, 0.15) is 5.75 Å². The average Bonchev–Trinajstić information content (AvgIpc) is 2.66. The standard InChI is InChI=1S/C22H28N2O3/c1-5-11-27-19-8-6-7-17(13-19)22(26)24-20-10-9-18(12-16(20)4)21(25)23-14-15(2)3/h6-10,12-13,15H,5,11,14H2,1-4H3,(H,23,25)(H,24,26). The minimum absolute atomic E-state index is 0.106. The van der Waals surface area contributed by atoms with Gasteiger partial charge in [0.05, 0.1) is 6.61 Å². The topological polar surface area (TPSA) is 67.4 Å². The van der Waals surface area contributed by atoms with Crippen molar-refractivity contribution in [3.63, 3.8) is 0 Å². The first kappa shape index (κ1) is 20.5. The highest BCUT2D eigenvalue weighted by Crippen LogP contribution is 2.19. The number of rotatable bonds is 8. The molecule has 5 nitrogen and oxygen atoms in total. The number of ether oxygens (including phenoxy) is 1. The van der Waals surface area contributed by atoms with E-state index in [0.29, 0.717) is 41.6 Å². The predicted octanol–water partition coefficient (Wildman–Crippen LogP) is 4.42. The summed E-state index contributed by atoms with van der Waals surface area (Å²) in [6.07, 6.45) is 0.909. The summed E-state index contributed by atoms with van der Waals surface area (Å²) in [5.74, 6) is 0.756. The molecule has 2 aromatic carbocycles. The SMILES string of the molecule is CCCOc1cccc(C(=O)Nc2ccc(C(=O)NCC(C)C)cc2C)c1. The molecule has 144 valence electrons. The van der Waals surface area contributed by atoms with Crippen LogP contribution in [0, 0.1) is 12.8 Å². The number of aryl methyl sites for hydroxylation is 1. The molecule has 0 aliphatic carbocycles. The molecule has 0 aromatic heterocycles. The third kappa shape index (κ3) is 6.13. The number of carbonyl (C=O) groups excluding carboxylic acids is 2. The maximum atomic E-state index is 12.5. The van der Waals surface area contributed by atoms with E-state index in [1.54, 1.807) is 36.4 Å². The van der Waals surface area contributed by atoms with Gasteiger partial charge >= 0.3 is 0 Å². The van der Waals surface area contributed by atoms with Gasteiger partial charge in [-0.25, -0.2) is 0 Å². The highest BCUT2D eigenvalue weighted by molar-refractivity contribution is 6.05. The van der Waals surface area contributed by atoms with Gasteiger partial charge in [-0.1, -0.05) is 26.8 Å². The van der Waals surface area contributed by atoms with Crippen LogP contribution in [-0.2, 0) is 0 Å². The first-order chi connectivity index (χ1) is 12.9. The molecular formula is C22H28N2O3. The molecule has 0 heterocycles. The number of benzene rings is 2. The molecule has 0 saturated heterocycles. The van der Waals surface area contributed by atoms with Crippen molar-refractivity contribution in [3.8, 4) is 5.75 Å². The molecule has 0 spiro atoms. The first-order valence-corrected chi connectivity index (χ1v) is 9.33. The lowest BCUT2D eigenvalue weighted by Gasteiger charge is -2.12. The number of amides is 2. The molecule has 0 unspecified atom stereocenters. The van der Waals surface area contributed by atoms with Crippen LogP contribution in [0.25, 0.3) is 0 Å². The highest BCUT2D eigenvalue weighted by atomic mass is 16.5. The van der Waals surface area contributed by atoms with Crippen molar-refractivity contribution in [2.24, 2.45) is 5.92 Å². The summed E-state index contributed by atoms with van der Waals surface area (Å²) in [5.41, 5.74) is 2.63. The molecular weight excluding hydrogens is 340 g/mol. The maximum Gasteiger partial charge on any atom is 0.255 e. The summed E-state index contributed by atoms with van der Waals surface area (Å²) < 4.78 is 5.58. The van der Waals surface area contributed by atoms with Crippen molar-refractivity contribution in [1.82, 2.24) is 5.32 Å². The molecule has 2 amide bonds. The molecule has 0 atom stereocenters. The second-order valence-corrected chi connectivity index (χ2v) is 6.96. The lowest BCUT2D eigenvalue weighted by Crippen LogP contribution is -2.27. The normalized spacial score (nSPS) is 10.6. The van der Waals surface area contributed by atoms with Gasteiger partial charge in [-0.2, -0.15) is 0 Å². The molecule has 2 N–H and O–H groups in total. The Kier molecular flexibility index (Phi) is 7.41. The summed E-state index contributed by atoms with van der Waals surface area (Å²) in [7, 11) is 0. The smallest absolute Gasteiger partial charge is 0.255 e. The van der Waals surface area contributed by atoms with Crippen molar-refractivity contribution in [3.05, 3.63) is 59.2 Å². The van der Waals surface area contributed by atoms with Gasteiger partial charge in [0.25, 0.3) is 11.8 Å². The van der Waals surface area contributed by atoms with Crippen LogP contribution in [-0.4, -0.2) is 25.0 Å². The van der Waals surface area contributed by atoms with Crippen molar-refractivity contribution in [2.45, 2.75) is 34.1 Å². The Morgan fingerprint density at radius 2 is 1.78 bits per heavy atom. The second-order valence-electron chi connectivity index (χ2n) is 6.96. The summed E-state index contributed by atoms with van der Waals surface area (Å²) in [6.45, 7) is 9.25. The summed E-state index contributed by atoms with van der Waals surface area (Å²) in [4.78, 5) is 24.7. The molecule has 0 bridgehead atoms. The van der Waals surface area contributed by atoms with E-state index in [4.69, 9.17) is 4.74 Å². The van der Waals surface area contributed by atoms with Gasteiger partial charge in [-0.15, -0.1) is 0 Å². The molecule has 27 heavy (non-hydrogen) atoms. The minimum atomic E-state index is -0.211. The Morgan fingerprint density at radius 3 is 2.44 bits per heavy atom. The Balaban J connectivity index is 2.06. The minimum Gasteiger partial charge on any atom is -0.494 e. The summed E-state index contributed by atoms with van der Waals surface area (Å²) in [6, 6.07) is 12.4. The van der Waals surface area contributed by atoms with Crippen LogP contribution >= 0.6 is 0 Å². The first-order valence-electron chi connectivity index (χ1n) is 9.33. The van der Waals surface area contributed by atoms with Crippen LogP contribution in [0.3, 0.4) is 0 Å². The molecule has 2 rings (SSSR count). The number of nitrogens with one attached hydrogen (secondary N) is 2. The quantitative estimate of drug-likeness (QED) is 0.725. The molecule has 5 heteroatoms. The van der Waals surface area contributed by atoms with Crippen molar-refractivity contribution >= 4 is 17.5 Å². The van der Waals surface area contributed by atoms with Gasteiger partial charge in [0, 0.05) is 23.4 Å². The molecule has 0 aliphatic rings. The van der Waals surface area contributed by atoms with Gasteiger partial charge in [-0.3, -0.25) is 9.59 Å². The maximum absolute atomic E-state index is 12.5. The fourth-order valence-electron chi connectivity index (χ4n) is 2.49. The molecule has 0 radical (unpaired) electrons. The zero-order valence-electron chi connectivity index (χ0n) is 16.5. The Morgan fingerprint density at radius 1 is 1.04 bits per heavy atom. The van der Waals surface area contributed by atoms with Crippen LogP contribution in [0.4, 0.5) is 5.69 Å². The van der Waals surface area contributed by atoms with E-state index < -0.39 is 0 Å². The summed E-state index contributed by atoms with van der Waals surface area (Å²) in [5, 5.41) is 5.79. The highest BCUT2D eigenvalue weighted by Gasteiger charge is 2.12. The van der Waals surface area contributed by atoms with Crippen molar-refractivity contribution < 1.29 is 14.3 Å². The Labute approximate surface area is 161 Å². The van der Waals surface area contributed by atoms with Gasteiger partial charge in [0.2, 0.25) is 0 Å². The van der Waals surface area contributed by atoms with E-state index in [2.05, 4.69) is 10.6 Å². The fraction of sp³-hybridized carbons (Fsp3) is 0.364. The van der Waals surface area contributed by atoms with E-state index >= 15 is 0 Å². The number of anilines is 1. The number of hydrogen-bond acceptors (Lipinski definition) is 3. The van der Waals surface area contributed by atoms with Crippen LogP contribution < -0.4 is 15.4 Å². The van der Waals surface area contributed by atoms with E-state index in [1.807, 2.05) is 33.8 Å². The van der Waals surface area contributed by atoms with Crippen molar-refractivity contribution in [2.75, 3.05) is 18.5 Å². The van der Waals surface area contributed by atoms with E-state index in [1.165, 1.54) is 0 Å². The Hall–Kier alpha value is -2.82. The number of hydrogen-bond donors (Lipinski definition) is 2. The van der Waals surface area contributed by atoms with Gasteiger partial charge < -0.3 is 15.4 Å². The fourth-order valence-corrected chi connectivity index (χ4v) is 2.49. The summed E-state index contributed by atoms with van der Waals surface area (Å²) >= 11 is 0. The third-order valence-electron chi connectivity index (χ3n) is 3.98. The van der Waals surface area contributed by atoms with E-state index in [-0.39, 0.29) is 11.8 Å². The van der Waals surface area contributed by atoms with Crippen LogP contribution in [0.2, 0.25) is 0 Å². The molecule has 0 aliphatic heterocycles. The number of carbonyl (C=O) groups is 2. The lowest BCUT2D eigenvalue weighted by molar-refractivity contribution is 0.0948. The molecule has 0 saturated carbocycles. The van der Waals surface area contributed by atoms with Crippen molar-refractivity contribution in [1.29, 1.82) is 0 Å². The predicted molar refractivity (Wildman–Crippen MR) is 109 cm³/mol.